The molecule has 0 spiro atoms. The van der Waals surface area contributed by atoms with Crippen molar-refractivity contribution in [3.8, 4) is 0 Å². The molecule has 3 N–H and O–H groups in total. The van der Waals surface area contributed by atoms with Gasteiger partial charge in [-0.1, -0.05) is 0 Å². The van der Waals surface area contributed by atoms with Crippen LogP contribution in [0.3, 0.4) is 0 Å². The van der Waals surface area contributed by atoms with Gasteiger partial charge in [-0.2, -0.15) is 0 Å². The molecule has 15 heavy (non-hydrogen) atoms. The molecule has 0 aliphatic carbocycles. The van der Waals surface area contributed by atoms with Gasteiger partial charge >= 0.3 is 0 Å². The summed E-state index contributed by atoms with van der Waals surface area (Å²) in [4.78, 5) is 22.4. The predicted octanol–water partition coefficient (Wildman–Crippen LogP) is -1.77. The number of ether oxygens (including phenoxy) is 1. The molecule has 2 amide bonds. The third-order valence-electron chi connectivity index (χ3n) is 2.29. The first kappa shape index (κ1) is 11.9. The van der Waals surface area contributed by atoms with Gasteiger partial charge in [0.2, 0.25) is 11.8 Å². The second-order valence-electron chi connectivity index (χ2n) is 3.53. The fourth-order valence-corrected chi connectivity index (χ4v) is 1.20. The highest BCUT2D eigenvalue weighted by atomic mass is 16.5. The van der Waals surface area contributed by atoms with E-state index in [0.717, 1.165) is 0 Å². The predicted molar refractivity (Wildman–Crippen MR) is 54.3 cm³/mol. The highest BCUT2D eigenvalue weighted by molar-refractivity contribution is 5.86. The van der Waals surface area contributed by atoms with E-state index in [1.165, 1.54) is 0 Å². The molecule has 1 aliphatic rings. The molecule has 6 nitrogen and oxygen atoms in total. The zero-order chi connectivity index (χ0) is 11.3. The fraction of sp³-hybridized carbons (Fsp3) is 0.778. The van der Waals surface area contributed by atoms with E-state index in [1.54, 1.807) is 7.11 Å². The van der Waals surface area contributed by atoms with Gasteiger partial charge in [-0.25, -0.2) is 0 Å². The maximum absolute atomic E-state index is 11.5. The third kappa shape index (κ3) is 3.85. The van der Waals surface area contributed by atoms with Crippen LogP contribution in [0.2, 0.25) is 0 Å². The Morgan fingerprint density at radius 1 is 1.73 bits per heavy atom. The van der Waals surface area contributed by atoms with Crippen molar-refractivity contribution in [1.29, 1.82) is 0 Å². The average molecular weight is 215 g/mol. The van der Waals surface area contributed by atoms with Gasteiger partial charge in [0.25, 0.3) is 0 Å². The third-order valence-corrected chi connectivity index (χ3v) is 2.29. The minimum atomic E-state index is -0.341. The number of hydrogen-bond donors (Lipinski definition) is 3. The molecule has 1 saturated heterocycles. The number of amides is 2. The zero-order valence-electron chi connectivity index (χ0n) is 9.00. The molecule has 2 unspecified atom stereocenters. The minimum absolute atomic E-state index is 0.00729. The summed E-state index contributed by atoms with van der Waals surface area (Å²) in [6, 6.07) is -0.341. The average Bonchev–Trinajstić information content (AvgIpc) is 2.26. The van der Waals surface area contributed by atoms with Gasteiger partial charge in [0.1, 0.15) is 6.04 Å². The topological polar surface area (TPSA) is 79.5 Å². The lowest BCUT2D eigenvalue weighted by atomic mass is 10.2. The maximum Gasteiger partial charge on any atom is 0.239 e. The van der Waals surface area contributed by atoms with Crippen LogP contribution in [0.5, 0.6) is 0 Å². The Balaban J connectivity index is 2.25. The van der Waals surface area contributed by atoms with E-state index in [9.17, 15) is 9.59 Å². The molecule has 1 rings (SSSR count). The molecular weight excluding hydrogens is 198 g/mol. The number of carbonyl (C=O) groups excluding carboxylic acids is 2. The lowest BCUT2D eigenvalue weighted by Gasteiger charge is -2.23. The maximum atomic E-state index is 11.5. The van der Waals surface area contributed by atoms with Crippen LogP contribution < -0.4 is 16.0 Å². The summed E-state index contributed by atoms with van der Waals surface area (Å²) in [5.74, 6) is -0.191. The van der Waals surface area contributed by atoms with Gasteiger partial charge in [0.05, 0.1) is 12.6 Å². The van der Waals surface area contributed by atoms with Crippen LogP contribution in [0, 0.1) is 0 Å². The smallest absolute Gasteiger partial charge is 0.239 e. The lowest BCUT2D eigenvalue weighted by molar-refractivity contribution is -0.126. The van der Waals surface area contributed by atoms with E-state index >= 15 is 0 Å². The van der Waals surface area contributed by atoms with E-state index < -0.39 is 0 Å². The zero-order valence-corrected chi connectivity index (χ0v) is 9.00. The van der Waals surface area contributed by atoms with Gasteiger partial charge in [-0.15, -0.1) is 0 Å². The second-order valence-corrected chi connectivity index (χ2v) is 3.53. The molecule has 1 fully saturated rings. The number of methoxy groups -OCH3 is 1. The first-order valence-electron chi connectivity index (χ1n) is 4.94. The molecule has 1 aliphatic heterocycles. The molecule has 0 radical (unpaired) electrons. The second kappa shape index (κ2) is 5.67. The van der Waals surface area contributed by atoms with Crippen molar-refractivity contribution in [1.82, 2.24) is 16.0 Å². The summed E-state index contributed by atoms with van der Waals surface area (Å²) in [5, 5.41) is 8.21. The normalized spacial score (nSPS) is 23.1. The summed E-state index contributed by atoms with van der Waals surface area (Å²) < 4.78 is 5.00. The standard InChI is InChI=1S/C9H17N3O3/c1-6(15-2)3-12-9(14)7-4-11-8(13)5-10-7/h6-7,10H,3-5H2,1-2H3,(H,11,13)(H,12,14). The highest BCUT2D eigenvalue weighted by Gasteiger charge is 2.23. The van der Waals surface area contributed by atoms with Crippen molar-refractivity contribution in [3.63, 3.8) is 0 Å². The van der Waals surface area contributed by atoms with Crippen molar-refractivity contribution < 1.29 is 14.3 Å². The number of carbonyl (C=O) groups is 2. The SMILES string of the molecule is COC(C)CNC(=O)C1CNC(=O)CN1. The molecule has 0 aromatic rings. The molecule has 1 heterocycles. The van der Waals surface area contributed by atoms with Crippen molar-refractivity contribution >= 4 is 11.8 Å². The molecular formula is C9H17N3O3. The van der Waals surface area contributed by atoms with E-state index in [-0.39, 0.29) is 30.5 Å². The summed E-state index contributed by atoms with van der Waals surface area (Å²) in [7, 11) is 1.59. The molecule has 0 bridgehead atoms. The van der Waals surface area contributed by atoms with Crippen LogP contribution in [-0.2, 0) is 14.3 Å². The van der Waals surface area contributed by atoms with Gasteiger partial charge in [-0.05, 0) is 6.92 Å². The van der Waals surface area contributed by atoms with Crippen LogP contribution in [0.1, 0.15) is 6.92 Å². The summed E-state index contributed by atoms with van der Waals surface area (Å²) in [5.41, 5.74) is 0. The first-order valence-corrected chi connectivity index (χ1v) is 4.94. The van der Waals surface area contributed by atoms with E-state index in [4.69, 9.17) is 4.74 Å². The molecule has 0 saturated carbocycles. The number of piperazine rings is 1. The minimum Gasteiger partial charge on any atom is -0.380 e. The van der Waals surface area contributed by atoms with E-state index in [0.29, 0.717) is 13.1 Å². The van der Waals surface area contributed by atoms with Gasteiger partial charge in [-0.3, -0.25) is 14.9 Å². The number of nitrogens with one attached hydrogen (secondary N) is 3. The Morgan fingerprint density at radius 2 is 2.47 bits per heavy atom. The first-order chi connectivity index (χ1) is 7.13. The largest absolute Gasteiger partial charge is 0.380 e. The number of hydrogen-bond acceptors (Lipinski definition) is 4. The van der Waals surface area contributed by atoms with Crippen LogP contribution in [-0.4, -0.2) is 50.7 Å². The van der Waals surface area contributed by atoms with Crippen LogP contribution in [0.15, 0.2) is 0 Å². The Morgan fingerprint density at radius 3 is 3.00 bits per heavy atom. The summed E-state index contributed by atoms with van der Waals surface area (Å²) in [6.07, 6.45) is -0.00729. The van der Waals surface area contributed by atoms with Gasteiger partial charge in [0, 0.05) is 20.2 Å². The Hall–Kier alpha value is -1.14. The monoisotopic (exact) mass is 215 g/mol. The van der Waals surface area contributed by atoms with E-state index in [1.807, 2.05) is 6.92 Å². The quantitative estimate of drug-likeness (QED) is 0.518. The molecule has 86 valence electrons. The lowest BCUT2D eigenvalue weighted by Crippen LogP contribution is -2.58. The van der Waals surface area contributed by atoms with Gasteiger partial charge in [0.15, 0.2) is 0 Å². The highest BCUT2D eigenvalue weighted by Crippen LogP contribution is 1.90. The van der Waals surface area contributed by atoms with Crippen molar-refractivity contribution in [2.24, 2.45) is 0 Å². The van der Waals surface area contributed by atoms with Crippen molar-refractivity contribution in [3.05, 3.63) is 0 Å². The van der Waals surface area contributed by atoms with Crippen molar-refractivity contribution in [2.45, 2.75) is 19.1 Å². The molecule has 0 aromatic heterocycles. The van der Waals surface area contributed by atoms with E-state index in [2.05, 4.69) is 16.0 Å². The Kier molecular flexibility index (Phi) is 4.51. The summed E-state index contributed by atoms with van der Waals surface area (Å²) in [6.45, 7) is 2.88. The summed E-state index contributed by atoms with van der Waals surface area (Å²) >= 11 is 0. The molecule has 2 atom stereocenters. The van der Waals surface area contributed by atoms with Gasteiger partial charge < -0.3 is 15.4 Å². The fourth-order valence-electron chi connectivity index (χ4n) is 1.20. The van der Waals surface area contributed by atoms with Crippen LogP contribution >= 0.6 is 0 Å². The molecule has 6 heteroatoms. The molecule has 0 aromatic carbocycles. The Labute approximate surface area is 88.7 Å². The van der Waals surface area contributed by atoms with Crippen molar-refractivity contribution in [2.75, 3.05) is 26.7 Å². The van der Waals surface area contributed by atoms with Crippen LogP contribution in [0.4, 0.5) is 0 Å². The Bertz CT molecular complexity index is 235. The van der Waals surface area contributed by atoms with Crippen LogP contribution in [0.25, 0.3) is 0 Å². The number of rotatable bonds is 4.